The van der Waals surface area contributed by atoms with Crippen molar-refractivity contribution in [2.75, 3.05) is 18.9 Å². The van der Waals surface area contributed by atoms with E-state index in [0.717, 1.165) is 26.2 Å². The van der Waals surface area contributed by atoms with E-state index in [1.807, 2.05) is 10.8 Å². The molecule has 2 fully saturated rings. The summed E-state index contributed by atoms with van der Waals surface area (Å²) < 4.78 is 13.2. The fraction of sp³-hybridized carbons (Fsp3) is 0.700. The Labute approximate surface area is 88.2 Å². The number of rotatable bonds is 2. The second kappa shape index (κ2) is 3.50. The zero-order valence-electron chi connectivity index (χ0n) is 8.50. The van der Waals surface area contributed by atoms with E-state index in [1.54, 1.807) is 6.20 Å². The van der Waals surface area contributed by atoms with E-state index in [1.165, 1.54) is 0 Å². The molecule has 0 spiro atoms. The van der Waals surface area contributed by atoms with Crippen LogP contribution in [0, 0.1) is 5.92 Å². The van der Waals surface area contributed by atoms with E-state index < -0.39 is 0 Å². The summed E-state index contributed by atoms with van der Waals surface area (Å²) >= 11 is 0. The predicted molar refractivity (Wildman–Crippen MR) is 54.2 cm³/mol. The normalized spacial score (nSPS) is 34.5. The highest BCUT2D eigenvalue weighted by Crippen LogP contribution is 2.32. The Bertz CT molecular complexity index is 340. The summed E-state index contributed by atoms with van der Waals surface area (Å²) in [6, 6.07) is 0. The van der Waals surface area contributed by atoms with Crippen LogP contribution in [-0.2, 0) is 16.0 Å². The van der Waals surface area contributed by atoms with Crippen LogP contribution in [0.2, 0.25) is 0 Å². The summed E-state index contributed by atoms with van der Waals surface area (Å²) in [5.74, 6) is 1.15. The lowest BCUT2D eigenvalue weighted by Crippen LogP contribution is -2.19. The lowest BCUT2D eigenvalue weighted by Gasteiger charge is -2.13. The molecule has 5 heteroatoms. The molecule has 0 aromatic carbocycles. The molecule has 2 aliphatic rings. The Morgan fingerprint density at radius 2 is 2.47 bits per heavy atom. The Morgan fingerprint density at radius 1 is 1.53 bits per heavy atom. The van der Waals surface area contributed by atoms with Crippen molar-refractivity contribution in [1.82, 2.24) is 9.55 Å². The standard InChI is InChI=1S/C10H15N3O2/c11-10-12-1-2-13(10)4-8-3-7-5-14-6-9(7)15-8/h1-2,7-9H,3-6H2,(H2,11,12). The molecule has 3 unspecified atom stereocenters. The zero-order valence-corrected chi connectivity index (χ0v) is 8.50. The third-order valence-electron chi connectivity index (χ3n) is 3.22. The minimum Gasteiger partial charge on any atom is -0.378 e. The molecule has 1 aromatic heterocycles. The highest BCUT2D eigenvalue weighted by atomic mass is 16.6. The first kappa shape index (κ1) is 9.18. The zero-order chi connectivity index (χ0) is 10.3. The van der Waals surface area contributed by atoms with E-state index in [2.05, 4.69) is 4.98 Å². The number of nitrogens with zero attached hydrogens (tertiary/aromatic N) is 2. The maximum atomic E-state index is 5.88. The van der Waals surface area contributed by atoms with Crippen molar-refractivity contribution in [2.24, 2.45) is 5.92 Å². The fourth-order valence-corrected chi connectivity index (χ4v) is 2.42. The molecule has 3 heterocycles. The van der Waals surface area contributed by atoms with Crippen molar-refractivity contribution >= 4 is 5.95 Å². The number of imidazole rings is 1. The molecule has 2 N–H and O–H groups in total. The molecule has 0 bridgehead atoms. The number of hydrogen-bond acceptors (Lipinski definition) is 4. The SMILES string of the molecule is Nc1nccn1CC1CC2COCC2O1. The van der Waals surface area contributed by atoms with Crippen LogP contribution >= 0.6 is 0 Å². The molecule has 82 valence electrons. The third kappa shape index (κ3) is 1.61. The smallest absolute Gasteiger partial charge is 0.200 e. The van der Waals surface area contributed by atoms with Gasteiger partial charge >= 0.3 is 0 Å². The third-order valence-corrected chi connectivity index (χ3v) is 3.22. The number of ether oxygens (including phenoxy) is 2. The van der Waals surface area contributed by atoms with Crippen LogP contribution in [0.4, 0.5) is 5.95 Å². The van der Waals surface area contributed by atoms with E-state index >= 15 is 0 Å². The van der Waals surface area contributed by atoms with Crippen molar-refractivity contribution in [3.63, 3.8) is 0 Å². The molecule has 0 radical (unpaired) electrons. The van der Waals surface area contributed by atoms with E-state index in [4.69, 9.17) is 15.2 Å². The van der Waals surface area contributed by atoms with Crippen molar-refractivity contribution in [1.29, 1.82) is 0 Å². The van der Waals surface area contributed by atoms with Gasteiger partial charge in [-0.25, -0.2) is 4.98 Å². The van der Waals surface area contributed by atoms with E-state index in [-0.39, 0.29) is 6.10 Å². The van der Waals surface area contributed by atoms with Crippen molar-refractivity contribution < 1.29 is 9.47 Å². The van der Waals surface area contributed by atoms with Gasteiger partial charge in [-0.15, -0.1) is 0 Å². The molecule has 1 aromatic rings. The minimum atomic E-state index is 0.264. The monoisotopic (exact) mass is 209 g/mol. The lowest BCUT2D eigenvalue weighted by atomic mass is 10.0. The number of hydrogen-bond donors (Lipinski definition) is 1. The first-order valence-electron chi connectivity index (χ1n) is 5.33. The molecule has 2 aliphatic heterocycles. The molecule has 5 nitrogen and oxygen atoms in total. The summed E-state index contributed by atoms with van der Waals surface area (Å²) in [4.78, 5) is 3.99. The van der Waals surface area contributed by atoms with Crippen molar-refractivity contribution in [2.45, 2.75) is 25.2 Å². The second-order valence-electron chi connectivity index (χ2n) is 4.27. The molecule has 15 heavy (non-hydrogen) atoms. The average Bonchev–Trinajstić information content (AvgIpc) is 2.83. The molecule has 0 saturated carbocycles. The highest BCUT2D eigenvalue weighted by molar-refractivity contribution is 5.16. The van der Waals surface area contributed by atoms with Crippen LogP contribution in [0.25, 0.3) is 0 Å². The summed E-state index contributed by atoms with van der Waals surface area (Å²) in [6.45, 7) is 2.40. The number of nitrogen functional groups attached to an aromatic ring is 1. The van der Waals surface area contributed by atoms with Gasteiger partial charge in [0, 0.05) is 18.3 Å². The van der Waals surface area contributed by atoms with Gasteiger partial charge in [-0.1, -0.05) is 0 Å². The molecular weight excluding hydrogens is 194 g/mol. The summed E-state index contributed by atoms with van der Waals surface area (Å²) in [5.41, 5.74) is 5.71. The van der Waals surface area contributed by atoms with Crippen LogP contribution in [0.5, 0.6) is 0 Å². The van der Waals surface area contributed by atoms with Crippen LogP contribution in [-0.4, -0.2) is 35.0 Å². The van der Waals surface area contributed by atoms with Crippen LogP contribution < -0.4 is 5.73 Å². The van der Waals surface area contributed by atoms with Gasteiger partial charge in [-0.3, -0.25) is 0 Å². The van der Waals surface area contributed by atoms with Gasteiger partial charge in [-0.2, -0.15) is 0 Å². The maximum absolute atomic E-state index is 5.88. The minimum absolute atomic E-state index is 0.264. The highest BCUT2D eigenvalue weighted by Gasteiger charge is 2.39. The first-order valence-corrected chi connectivity index (χ1v) is 5.33. The van der Waals surface area contributed by atoms with Gasteiger partial charge in [0.05, 0.1) is 32.0 Å². The quantitative estimate of drug-likeness (QED) is 0.759. The van der Waals surface area contributed by atoms with Crippen LogP contribution in [0.3, 0.4) is 0 Å². The van der Waals surface area contributed by atoms with Gasteiger partial charge in [0.1, 0.15) is 0 Å². The lowest BCUT2D eigenvalue weighted by molar-refractivity contribution is 0.0127. The van der Waals surface area contributed by atoms with Gasteiger partial charge in [0.15, 0.2) is 5.95 Å². The summed E-state index contributed by atoms with van der Waals surface area (Å²) in [6.07, 6.45) is 5.25. The fourth-order valence-electron chi connectivity index (χ4n) is 2.42. The number of anilines is 1. The van der Waals surface area contributed by atoms with Gasteiger partial charge in [0.25, 0.3) is 0 Å². The Balaban J connectivity index is 1.64. The van der Waals surface area contributed by atoms with Gasteiger partial charge < -0.3 is 19.8 Å². The molecule has 2 saturated heterocycles. The average molecular weight is 209 g/mol. The largest absolute Gasteiger partial charge is 0.378 e. The first-order chi connectivity index (χ1) is 7.33. The number of fused-ring (bicyclic) bond motifs is 1. The number of nitrogens with two attached hydrogens (primary N) is 1. The molecule has 3 atom stereocenters. The number of aromatic nitrogens is 2. The molecule has 0 amide bonds. The van der Waals surface area contributed by atoms with Crippen molar-refractivity contribution in [3.8, 4) is 0 Å². The molecule has 0 aliphatic carbocycles. The van der Waals surface area contributed by atoms with Gasteiger partial charge in [-0.05, 0) is 6.42 Å². The van der Waals surface area contributed by atoms with Crippen LogP contribution in [0.15, 0.2) is 12.4 Å². The predicted octanol–water partition coefficient (Wildman–Crippen LogP) is 0.269. The summed E-state index contributed by atoms with van der Waals surface area (Å²) in [5, 5.41) is 0. The van der Waals surface area contributed by atoms with Crippen LogP contribution in [0.1, 0.15) is 6.42 Å². The molecular formula is C10H15N3O2. The van der Waals surface area contributed by atoms with E-state index in [9.17, 15) is 0 Å². The molecule has 3 rings (SSSR count). The maximum Gasteiger partial charge on any atom is 0.200 e. The van der Waals surface area contributed by atoms with E-state index in [0.29, 0.717) is 18.0 Å². The Kier molecular flexibility index (Phi) is 2.14. The second-order valence-corrected chi connectivity index (χ2v) is 4.27. The Morgan fingerprint density at radius 3 is 3.20 bits per heavy atom. The van der Waals surface area contributed by atoms with Gasteiger partial charge in [0.2, 0.25) is 0 Å². The van der Waals surface area contributed by atoms with Crippen molar-refractivity contribution in [3.05, 3.63) is 12.4 Å². The topological polar surface area (TPSA) is 62.3 Å². The Hall–Kier alpha value is -1.07. The summed E-state index contributed by atoms with van der Waals surface area (Å²) in [7, 11) is 0.